The highest BCUT2D eigenvalue weighted by Gasteiger charge is 2.14. The number of likely N-dealkylation sites (N-methyl/N-ethyl adjacent to an activating group) is 1. The number of carbonyl (C=O) groups is 1. The maximum atomic E-state index is 11.2. The van der Waals surface area contributed by atoms with Crippen LogP contribution in [-0.2, 0) is 9.63 Å². The standard InChI is InChI=1S/C11H12Cl2N2O2/c1-2-14-11(16)10(13)17-15-7-8-5-3-4-6-9(8)12/h3-7,10H,2H2,1H3,(H,14,16). The summed E-state index contributed by atoms with van der Waals surface area (Å²) in [6.45, 7) is 2.27. The molecule has 1 aromatic carbocycles. The van der Waals surface area contributed by atoms with Gasteiger partial charge in [0.2, 0.25) is 0 Å². The number of rotatable bonds is 5. The van der Waals surface area contributed by atoms with Crippen LogP contribution in [0.4, 0.5) is 0 Å². The molecule has 0 spiro atoms. The van der Waals surface area contributed by atoms with Crippen molar-refractivity contribution < 1.29 is 9.63 Å². The molecule has 1 unspecified atom stereocenters. The highest BCUT2D eigenvalue weighted by Crippen LogP contribution is 2.12. The van der Waals surface area contributed by atoms with Crippen molar-refractivity contribution in [3.05, 3.63) is 34.9 Å². The fourth-order valence-electron chi connectivity index (χ4n) is 1.02. The smallest absolute Gasteiger partial charge is 0.279 e. The molecular weight excluding hydrogens is 263 g/mol. The molecule has 1 rings (SSSR count). The van der Waals surface area contributed by atoms with Gasteiger partial charge in [-0.25, -0.2) is 0 Å². The zero-order valence-corrected chi connectivity index (χ0v) is 10.7. The van der Waals surface area contributed by atoms with Gasteiger partial charge in [0.15, 0.2) is 0 Å². The summed E-state index contributed by atoms with van der Waals surface area (Å²) in [5, 5.41) is 6.66. The number of carbonyl (C=O) groups excluding carboxylic acids is 1. The van der Waals surface area contributed by atoms with Crippen molar-refractivity contribution in [1.29, 1.82) is 0 Å². The van der Waals surface area contributed by atoms with Gasteiger partial charge >= 0.3 is 0 Å². The summed E-state index contributed by atoms with van der Waals surface area (Å²) < 4.78 is 0. The number of alkyl halides is 1. The lowest BCUT2D eigenvalue weighted by Crippen LogP contribution is -2.31. The van der Waals surface area contributed by atoms with E-state index in [4.69, 9.17) is 28.0 Å². The van der Waals surface area contributed by atoms with Crippen molar-refractivity contribution >= 4 is 35.3 Å². The van der Waals surface area contributed by atoms with Gasteiger partial charge in [-0.3, -0.25) is 4.79 Å². The molecule has 0 bridgehead atoms. The van der Waals surface area contributed by atoms with Crippen LogP contribution in [0.5, 0.6) is 0 Å². The van der Waals surface area contributed by atoms with E-state index in [2.05, 4.69) is 10.5 Å². The highest BCUT2D eigenvalue weighted by molar-refractivity contribution is 6.33. The molecule has 0 aliphatic rings. The lowest BCUT2D eigenvalue weighted by Gasteiger charge is -2.06. The van der Waals surface area contributed by atoms with Gasteiger partial charge in [0, 0.05) is 17.1 Å². The number of benzene rings is 1. The summed E-state index contributed by atoms with van der Waals surface area (Å²) in [6, 6.07) is 7.12. The summed E-state index contributed by atoms with van der Waals surface area (Å²) in [5.74, 6) is -0.425. The van der Waals surface area contributed by atoms with Gasteiger partial charge in [-0.2, -0.15) is 0 Å². The Labute approximate surface area is 110 Å². The molecule has 0 fully saturated rings. The lowest BCUT2D eigenvalue weighted by atomic mass is 10.2. The minimum Gasteiger partial charge on any atom is -0.366 e. The molecule has 0 aromatic heterocycles. The molecule has 1 atom stereocenters. The third kappa shape index (κ3) is 4.63. The quantitative estimate of drug-likeness (QED) is 0.509. The van der Waals surface area contributed by atoms with E-state index in [9.17, 15) is 4.79 Å². The Kier molecular flexibility index (Phi) is 5.80. The summed E-state index contributed by atoms with van der Waals surface area (Å²) >= 11 is 11.5. The van der Waals surface area contributed by atoms with Crippen LogP contribution in [-0.4, -0.2) is 24.2 Å². The first-order valence-corrected chi connectivity index (χ1v) is 5.82. The number of nitrogens with one attached hydrogen (secondary N) is 1. The molecular formula is C11H12Cl2N2O2. The van der Waals surface area contributed by atoms with Gasteiger partial charge in [-0.1, -0.05) is 46.6 Å². The van der Waals surface area contributed by atoms with E-state index in [0.29, 0.717) is 17.1 Å². The first kappa shape index (κ1) is 13.8. The molecule has 4 nitrogen and oxygen atoms in total. The van der Waals surface area contributed by atoms with Crippen molar-refractivity contribution in [2.45, 2.75) is 12.5 Å². The van der Waals surface area contributed by atoms with Crippen LogP contribution in [0.15, 0.2) is 29.4 Å². The first-order valence-electron chi connectivity index (χ1n) is 5.00. The van der Waals surface area contributed by atoms with Gasteiger partial charge in [0.1, 0.15) is 0 Å². The van der Waals surface area contributed by atoms with Gasteiger partial charge < -0.3 is 10.2 Å². The highest BCUT2D eigenvalue weighted by atomic mass is 35.5. The molecule has 0 heterocycles. The monoisotopic (exact) mass is 274 g/mol. The predicted octanol–water partition coefficient (Wildman–Crippen LogP) is 2.39. The van der Waals surface area contributed by atoms with Gasteiger partial charge in [-0.05, 0) is 13.0 Å². The van der Waals surface area contributed by atoms with E-state index in [1.54, 1.807) is 25.1 Å². The number of amides is 1. The number of oxime groups is 1. The third-order valence-corrected chi connectivity index (χ3v) is 2.43. The average molecular weight is 275 g/mol. The summed E-state index contributed by atoms with van der Waals surface area (Å²) in [4.78, 5) is 16.0. The predicted molar refractivity (Wildman–Crippen MR) is 68.5 cm³/mol. The minimum absolute atomic E-state index is 0.425. The summed E-state index contributed by atoms with van der Waals surface area (Å²) in [7, 11) is 0. The van der Waals surface area contributed by atoms with Crippen molar-refractivity contribution in [3.63, 3.8) is 0 Å². The molecule has 6 heteroatoms. The minimum atomic E-state index is -1.14. The van der Waals surface area contributed by atoms with E-state index in [-0.39, 0.29) is 0 Å². The summed E-state index contributed by atoms with van der Waals surface area (Å²) in [6.07, 6.45) is 1.40. The van der Waals surface area contributed by atoms with E-state index < -0.39 is 11.5 Å². The normalized spacial score (nSPS) is 12.4. The van der Waals surface area contributed by atoms with Crippen LogP contribution in [0, 0.1) is 0 Å². The van der Waals surface area contributed by atoms with Crippen LogP contribution in [0.3, 0.4) is 0 Å². The maximum absolute atomic E-state index is 11.2. The molecule has 0 radical (unpaired) electrons. The Morgan fingerprint density at radius 3 is 2.94 bits per heavy atom. The molecule has 0 saturated heterocycles. The van der Waals surface area contributed by atoms with Gasteiger partial charge in [0.25, 0.3) is 11.5 Å². The number of nitrogens with zero attached hydrogens (tertiary/aromatic N) is 1. The fraction of sp³-hybridized carbons (Fsp3) is 0.273. The molecule has 0 saturated carbocycles. The van der Waals surface area contributed by atoms with Crippen molar-refractivity contribution in [2.24, 2.45) is 5.16 Å². The zero-order chi connectivity index (χ0) is 12.7. The Hall–Kier alpha value is -1.26. The molecule has 1 amide bonds. The molecule has 1 N–H and O–H groups in total. The van der Waals surface area contributed by atoms with Crippen molar-refractivity contribution in [1.82, 2.24) is 5.32 Å². The van der Waals surface area contributed by atoms with Crippen molar-refractivity contribution in [2.75, 3.05) is 6.54 Å². The van der Waals surface area contributed by atoms with Crippen molar-refractivity contribution in [3.8, 4) is 0 Å². The Bertz CT molecular complexity index is 410. The Morgan fingerprint density at radius 1 is 1.59 bits per heavy atom. The molecule has 17 heavy (non-hydrogen) atoms. The topological polar surface area (TPSA) is 50.7 Å². The molecule has 92 valence electrons. The second kappa shape index (κ2) is 7.14. The first-order chi connectivity index (χ1) is 8.15. The van der Waals surface area contributed by atoms with Gasteiger partial charge in [-0.15, -0.1) is 0 Å². The van der Waals surface area contributed by atoms with Crippen LogP contribution < -0.4 is 5.32 Å². The Morgan fingerprint density at radius 2 is 2.29 bits per heavy atom. The molecule has 0 aliphatic heterocycles. The van der Waals surface area contributed by atoms with E-state index in [0.717, 1.165) is 0 Å². The number of hydrogen-bond acceptors (Lipinski definition) is 3. The van der Waals surface area contributed by atoms with E-state index in [1.807, 2.05) is 6.07 Å². The second-order valence-electron chi connectivity index (χ2n) is 3.07. The fourth-order valence-corrected chi connectivity index (χ4v) is 1.33. The van der Waals surface area contributed by atoms with Gasteiger partial charge in [0.05, 0.1) is 6.21 Å². The third-order valence-electron chi connectivity index (χ3n) is 1.81. The summed E-state index contributed by atoms with van der Waals surface area (Å²) in [5.41, 5.74) is -0.456. The number of halogens is 2. The molecule has 1 aromatic rings. The lowest BCUT2D eigenvalue weighted by molar-refractivity contribution is -0.127. The van der Waals surface area contributed by atoms with Crippen LogP contribution >= 0.6 is 23.2 Å². The van der Waals surface area contributed by atoms with Crippen LogP contribution in [0.1, 0.15) is 12.5 Å². The SMILES string of the molecule is CCNC(=O)C(Cl)ON=Cc1ccccc1Cl. The van der Waals surface area contributed by atoms with E-state index >= 15 is 0 Å². The largest absolute Gasteiger partial charge is 0.366 e. The second-order valence-corrected chi connectivity index (χ2v) is 3.88. The maximum Gasteiger partial charge on any atom is 0.279 e. The Balaban J connectivity index is 2.51. The molecule has 0 aliphatic carbocycles. The zero-order valence-electron chi connectivity index (χ0n) is 9.19. The number of hydrogen-bond donors (Lipinski definition) is 1. The van der Waals surface area contributed by atoms with Crippen LogP contribution in [0.2, 0.25) is 5.02 Å². The van der Waals surface area contributed by atoms with Crippen LogP contribution in [0.25, 0.3) is 0 Å². The average Bonchev–Trinajstić information content (AvgIpc) is 2.31. The van der Waals surface area contributed by atoms with E-state index in [1.165, 1.54) is 6.21 Å².